The van der Waals surface area contributed by atoms with Crippen molar-refractivity contribution in [3.63, 3.8) is 0 Å². The Morgan fingerprint density at radius 3 is 1.85 bits per heavy atom. The molecule has 0 aliphatic heterocycles. The van der Waals surface area contributed by atoms with Crippen LogP contribution in [0.1, 0.15) is 20.3 Å². The van der Waals surface area contributed by atoms with Gasteiger partial charge in [-0.1, -0.05) is 0 Å². The van der Waals surface area contributed by atoms with Crippen molar-refractivity contribution in [2.24, 2.45) is 0 Å². The maximum Gasteiger partial charge on any atom is 0.468 e. The van der Waals surface area contributed by atoms with Crippen LogP contribution in [0.25, 0.3) is 0 Å². The molecule has 8 nitrogen and oxygen atoms in total. The van der Waals surface area contributed by atoms with Crippen LogP contribution in [0.5, 0.6) is 0 Å². The molecule has 0 saturated heterocycles. The highest BCUT2D eigenvalue weighted by Gasteiger charge is 2.69. The minimum absolute atomic E-state index is 0.393. The van der Waals surface area contributed by atoms with E-state index in [1.54, 1.807) is 0 Å². The largest absolute Gasteiger partial charge is 0.468 e. The summed E-state index contributed by atoms with van der Waals surface area (Å²) in [6, 6.07) is 0. The molecule has 0 aromatic heterocycles. The summed E-state index contributed by atoms with van der Waals surface area (Å²) in [7, 11) is -6.64. The van der Waals surface area contributed by atoms with Crippen molar-refractivity contribution in [1.29, 1.82) is 0 Å². The molecule has 0 aliphatic rings. The van der Waals surface area contributed by atoms with Crippen LogP contribution in [0.2, 0.25) is 0 Å². The zero-order chi connectivity index (χ0) is 21.9. The van der Waals surface area contributed by atoms with Gasteiger partial charge in [0, 0.05) is 13.3 Å². The molecule has 1 N–H and O–H groups in total. The van der Waals surface area contributed by atoms with Crippen LogP contribution < -0.4 is 0 Å². The molecule has 27 heavy (non-hydrogen) atoms. The van der Waals surface area contributed by atoms with Gasteiger partial charge in [-0.25, -0.2) is 4.79 Å². The van der Waals surface area contributed by atoms with Gasteiger partial charge in [-0.05, 0) is 6.92 Å². The monoisotopic (exact) mass is 438 g/mol. The predicted molar refractivity (Wildman–Crippen MR) is 69.2 cm³/mol. The van der Waals surface area contributed by atoms with E-state index in [0.717, 1.165) is 6.92 Å². The summed E-state index contributed by atoms with van der Waals surface area (Å²) in [5.41, 5.74) is 0. The number of ether oxygens (including phenoxy) is 3. The Balaban J connectivity index is 5.73. The average Bonchev–Trinajstić information content (AvgIpc) is 2.43. The smallest absolute Gasteiger partial charge is 0.461 e. The lowest BCUT2D eigenvalue weighted by Crippen LogP contribution is -2.58. The summed E-state index contributed by atoms with van der Waals surface area (Å²) < 4.78 is 132. The first-order valence-electron chi connectivity index (χ1n) is 6.66. The first-order chi connectivity index (χ1) is 11.9. The van der Waals surface area contributed by atoms with Crippen molar-refractivity contribution >= 4 is 22.1 Å². The molecule has 160 valence electrons. The molecule has 16 heteroatoms. The first-order valence-corrected chi connectivity index (χ1v) is 8.10. The number of carbonyl (C=O) groups is 2. The Labute approximate surface area is 147 Å². The number of halogens is 7. The van der Waals surface area contributed by atoms with Crippen LogP contribution in [0.4, 0.5) is 30.7 Å². The van der Waals surface area contributed by atoms with Crippen molar-refractivity contribution in [3.8, 4) is 0 Å². The topological polar surface area (TPSA) is 116 Å². The molecule has 0 saturated carbocycles. The normalized spacial score (nSPS) is 15.8. The molecule has 0 radical (unpaired) electrons. The molecule has 0 amide bonds. The van der Waals surface area contributed by atoms with Gasteiger partial charge in [-0.2, -0.15) is 39.2 Å². The summed E-state index contributed by atoms with van der Waals surface area (Å²) in [6.07, 6.45) is -8.30. The van der Waals surface area contributed by atoms with Crippen LogP contribution in [-0.4, -0.2) is 61.3 Å². The van der Waals surface area contributed by atoms with Crippen molar-refractivity contribution in [1.82, 2.24) is 0 Å². The maximum atomic E-state index is 13.3. The van der Waals surface area contributed by atoms with Crippen LogP contribution in [-0.2, 0) is 33.9 Å². The zero-order valence-corrected chi connectivity index (χ0v) is 14.3. The van der Waals surface area contributed by atoms with Gasteiger partial charge < -0.3 is 14.2 Å². The van der Waals surface area contributed by atoms with Gasteiger partial charge in [-0.15, -0.1) is 0 Å². The molecule has 0 bridgehead atoms. The van der Waals surface area contributed by atoms with Gasteiger partial charge in [0.1, 0.15) is 0 Å². The van der Waals surface area contributed by atoms with Crippen molar-refractivity contribution in [2.75, 3.05) is 13.2 Å². The predicted octanol–water partition coefficient (Wildman–Crippen LogP) is 1.89. The van der Waals surface area contributed by atoms with Crippen LogP contribution in [0.3, 0.4) is 0 Å². The molecule has 1 atom stereocenters. The first kappa shape index (κ1) is 25.3. The van der Waals surface area contributed by atoms with Gasteiger partial charge in [0.15, 0.2) is 0 Å². The third kappa shape index (κ3) is 5.41. The number of hydrogen-bond donors (Lipinski definition) is 1. The molecule has 0 heterocycles. The van der Waals surface area contributed by atoms with Crippen LogP contribution in [0.15, 0.2) is 0 Å². The Bertz CT molecular complexity index is 660. The fourth-order valence-corrected chi connectivity index (χ4v) is 1.95. The summed E-state index contributed by atoms with van der Waals surface area (Å²) in [5, 5.41) is -6.07. The zero-order valence-electron chi connectivity index (χ0n) is 13.5. The number of esters is 2. The van der Waals surface area contributed by atoms with Crippen molar-refractivity contribution in [3.05, 3.63) is 0 Å². The van der Waals surface area contributed by atoms with E-state index in [2.05, 4.69) is 14.2 Å². The number of hydrogen-bond acceptors (Lipinski definition) is 7. The summed E-state index contributed by atoms with van der Waals surface area (Å²) in [4.78, 5) is 22.4. The van der Waals surface area contributed by atoms with Crippen LogP contribution in [0, 0.1) is 0 Å². The van der Waals surface area contributed by atoms with E-state index < -0.39 is 64.8 Å². The Hall–Kier alpha value is -1.68. The Morgan fingerprint density at radius 1 is 1.04 bits per heavy atom. The molecule has 0 aliphatic carbocycles. The number of alkyl halides is 7. The van der Waals surface area contributed by atoms with Gasteiger partial charge in [0.2, 0.25) is 0 Å². The Morgan fingerprint density at radius 2 is 1.52 bits per heavy atom. The number of rotatable bonds is 9. The van der Waals surface area contributed by atoms with Gasteiger partial charge in [-0.3, -0.25) is 9.35 Å². The highest BCUT2D eigenvalue weighted by Crippen LogP contribution is 2.42. The minimum Gasteiger partial charge on any atom is -0.461 e. The second-order valence-corrected chi connectivity index (χ2v) is 6.19. The maximum absolute atomic E-state index is 13.3. The van der Waals surface area contributed by atoms with Crippen molar-refractivity contribution in [2.45, 2.75) is 43.4 Å². The summed E-state index contributed by atoms with van der Waals surface area (Å²) in [5.74, 6) is -14.3. The van der Waals surface area contributed by atoms with E-state index in [9.17, 15) is 48.7 Å². The molecule has 0 spiro atoms. The van der Waals surface area contributed by atoms with E-state index in [1.165, 1.54) is 0 Å². The molecule has 0 aromatic rings. The third-order valence-corrected chi connectivity index (χ3v) is 3.62. The van der Waals surface area contributed by atoms with Gasteiger partial charge in [0.25, 0.3) is 0 Å². The molecule has 1 unspecified atom stereocenters. The quantitative estimate of drug-likeness (QED) is 0.251. The standard InChI is InChI=1S/C11H13F7O8S/c1-3-24-7(20)9(10(14,15)16,26-6(2)19)25-5-4-8(12,13)11(17,18)27(21,22)23/h3-5H2,1-2H3,(H,21,22,23). The fourth-order valence-electron chi connectivity index (χ4n) is 1.47. The molecular formula is C11H13F7O8S. The van der Waals surface area contributed by atoms with Gasteiger partial charge >= 0.3 is 45.2 Å². The summed E-state index contributed by atoms with van der Waals surface area (Å²) >= 11 is 0. The lowest BCUT2D eigenvalue weighted by atomic mass is 10.2. The average molecular weight is 438 g/mol. The molecule has 0 aromatic carbocycles. The Kier molecular flexibility index (Phi) is 7.63. The molecular weight excluding hydrogens is 425 g/mol. The van der Waals surface area contributed by atoms with E-state index in [-0.39, 0.29) is 0 Å². The second kappa shape index (κ2) is 8.14. The SMILES string of the molecule is CCOC(=O)C(OCCC(F)(F)C(F)(F)S(=O)(=O)O)(OC(C)=O)C(F)(F)F. The van der Waals surface area contributed by atoms with Gasteiger partial charge in [0.05, 0.1) is 13.2 Å². The van der Waals surface area contributed by atoms with Crippen LogP contribution >= 0.6 is 0 Å². The molecule has 0 fully saturated rings. The third-order valence-electron chi connectivity index (χ3n) is 2.68. The second-order valence-electron chi connectivity index (χ2n) is 4.72. The fraction of sp³-hybridized carbons (Fsp3) is 0.818. The number of carbonyl (C=O) groups excluding carboxylic acids is 2. The lowest BCUT2D eigenvalue weighted by molar-refractivity contribution is -0.357. The van der Waals surface area contributed by atoms with E-state index in [4.69, 9.17) is 4.55 Å². The highest BCUT2D eigenvalue weighted by molar-refractivity contribution is 7.87. The van der Waals surface area contributed by atoms with E-state index >= 15 is 0 Å². The van der Waals surface area contributed by atoms with E-state index in [0.29, 0.717) is 6.92 Å². The highest BCUT2D eigenvalue weighted by atomic mass is 32.2. The lowest BCUT2D eigenvalue weighted by Gasteiger charge is -2.32. The minimum atomic E-state index is -6.64. The summed E-state index contributed by atoms with van der Waals surface area (Å²) in [6.45, 7) is -1.32. The molecule has 0 rings (SSSR count). The van der Waals surface area contributed by atoms with Crippen molar-refractivity contribution < 1.29 is 67.5 Å². The van der Waals surface area contributed by atoms with E-state index in [1.807, 2.05) is 0 Å².